The van der Waals surface area contributed by atoms with Crippen molar-refractivity contribution in [2.24, 2.45) is 17.6 Å². The molecule has 2 atom stereocenters. The van der Waals surface area contributed by atoms with Gasteiger partial charge in [0.05, 0.1) is 12.2 Å². The van der Waals surface area contributed by atoms with Gasteiger partial charge in [0.1, 0.15) is 5.75 Å². The highest BCUT2D eigenvalue weighted by atomic mass is 79.9. The molecule has 1 aromatic carbocycles. The van der Waals surface area contributed by atoms with Gasteiger partial charge in [0, 0.05) is 4.47 Å². The van der Waals surface area contributed by atoms with E-state index < -0.39 is 11.7 Å². The summed E-state index contributed by atoms with van der Waals surface area (Å²) in [4.78, 5) is 0. The molecule has 1 fully saturated rings. The van der Waals surface area contributed by atoms with Crippen LogP contribution in [-0.2, 0) is 6.18 Å². The summed E-state index contributed by atoms with van der Waals surface area (Å²) in [5, 5.41) is 0. The zero-order chi connectivity index (χ0) is 15.5. The topological polar surface area (TPSA) is 35.2 Å². The Labute approximate surface area is 131 Å². The lowest BCUT2D eigenvalue weighted by molar-refractivity contribution is -0.139. The summed E-state index contributed by atoms with van der Waals surface area (Å²) in [5.74, 6) is 0.490. The van der Waals surface area contributed by atoms with Gasteiger partial charge in [-0.2, -0.15) is 13.2 Å². The summed E-state index contributed by atoms with van der Waals surface area (Å²) >= 11 is 3.07. The first-order chi connectivity index (χ1) is 9.91. The summed E-state index contributed by atoms with van der Waals surface area (Å²) in [7, 11) is 0. The average molecular weight is 366 g/mol. The number of rotatable bonds is 4. The fraction of sp³-hybridized carbons (Fsp3) is 0.600. The molecule has 0 bridgehead atoms. The molecule has 6 heteroatoms. The quantitative estimate of drug-likeness (QED) is 0.845. The van der Waals surface area contributed by atoms with Crippen LogP contribution in [0.3, 0.4) is 0 Å². The minimum Gasteiger partial charge on any atom is -0.493 e. The summed E-state index contributed by atoms with van der Waals surface area (Å²) in [6, 6.07) is 3.98. The summed E-state index contributed by atoms with van der Waals surface area (Å²) in [6.07, 6.45) is -0.170. The molecule has 0 aliphatic heterocycles. The Morgan fingerprint density at radius 3 is 2.48 bits per heavy atom. The highest BCUT2D eigenvalue weighted by Crippen LogP contribution is 2.38. The lowest BCUT2D eigenvalue weighted by atomic mass is 9.80. The molecule has 0 spiro atoms. The minimum atomic E-state index is -4.42. The predicted octanol–water partition coefficient (Wildman–Crippen LogP) is 4.61. The van der Waals surface area contributed by atoms with Crippen LogP contribution in [0.4, 0.5) is 13.2 Å². The third-order valence-corrected chi connectivity index (χ3v) is 4.56. The molecule has 0 amide bonds. The molecule has 2 rings (SSSR count). The second kappa shape index (κ2) is 7.01. The van der Waals surface area contributed by atoms with Gasteiger partial charge in [0.15, 0.2) is 0 Å². The summed E-state index contributed by atoms with van der Waals surface area (Å²) in [5.41, 5.74) is 5.00. The van der Waals surface area contributed by atoms with Crippen molar-refractivity contribution >= 4 is 15.9 Å². The van der Waals surface area contributed by atoms with Crippen LogP contribution in [0, 0.1) is 11.8 Å². The van der Waals surface area contributed by atoms with Crippen molar-refractivity contribution in [1.29, 1.82) is 0 Å². The van der Waals surface area contributed by atoms with E-state index in [0.29, 0.717) is 23.5 Å². The molecule has 1 aliphatic carbocycles. The fourth-order valence-electron chi connectivity index (χ4n) is 2.86. The second-order valence-electron chi connectivity index (χ2n) is 5.49. The maximum absolute atomic E-state index is 13.0. The van der Waals surface area contributed by atoms with Gasteiger partial charge in [-0.05, 0) is 49.4 Å². The number of halogens is 4. The number of hydrogen-bond acceptors (Lipinski definition) is 2. The van der Waals surface area contributed by atoms with Gasteiger partial charge in [-0.3, -0.25) is 0 Å². The van der Waals surface area contributed by atoms with Crippen molar-refractivity contribution < 1.29 is 17.9 Å². The molecule has 0 aromatic heterocycles. The van der Waals surface area contributed by atoms with Crippen LogP contribution in [0.1, 0.15) is 31.2 Å². The number of benzene rings is 1. The molecule has 118 valence electrons. The smallest absolute Gasteiger partial charge is 0.420 e. The fourth-order valence-corrected chi connectivity index (χ4v) is 3.22. The van der Waals surface area contributed by atoms with Crippen molar-refractivity contribution in [2.45, 2.75) is 31.9 Å². The van der Waals surface area contributed by atoms with Gasteiger partial charge in [-0.1, -0.05) is 28.8 Å². The van der Waals surface area contributed by atoms with E-state index in [1.165, 1.54) is 6.07 Å². The van der Waals surface area contributed by atoms with Gasteiger partial charge < -0.3 is 10.5 Å². The van der Waals surface area contributed by atoms with E-state index in [1.54, 1.807) is 6.07 Å². The van der Waals surface area contributed by atoms with Crippen LogP contribution in [0.5, 0.6) is 5.75 Å². The first kappa shape index (κ1) is 16.6. The van der Waals surface area contributed by atoms with Crippen molar-refractivity contribution in [3.8, 4) is 5.75 Å². The highest BCUT2D eigenvalue weighted by molar-refractivity contribution is 9.10. The summed E-state index contributed by atoms with van der Waals surface area (Å²) in [6.45, 7) is 0.868. The highest BCUT2D eigenvalue weighted by Gasteiger charge is 2.35. The molecule has 1 aromatic rings. The van der Waals surface area contributed by atoms with Crippen molar-refractivity contribution in [3.05, 3.63) is 28.2 Å². The molecular formula is C15H19BrF3NO. The Hall–Kier alpha value is -0.750. The average Bonchev–Trinajstić information content (AvgIpc) is 2.45. The summed E-state index contributed by atoms with van der Waals surface area (Å²) < 4.78 is 44.9. The second-order valence-corrected chi connectivity index (χ2v) is 6.41. The van der Waals surface area contributed by atoms with E-state index in [-0.39, 0.29) is 11.7 Å². The molecule has 0 saturated heterocycles. The van der Waals surface area contributed by atoms with Crippen LogP contribution in [-0.4, -0.2) is 13.2 Å². The Morgan fingerprint density at radius 2 is 1.86 bits per heavy atom. The van der Waals surface area contributed by atoms with Crippen LogP contribution >= 0.6 is 15.9 Å². The zero-order valence-electron chi connectivity index (χ0n) is 11.6. The standard InChI is InChI=1S/C15H19BrF3NO/c16-12-5-6-14(13(7-12)15(17,18)19)21-9-11-4-2-1-3-10(11)8-20/h5-7,10-11H,1-4,8-9,20H2. The van der Waals surface area contributed by atoms with E-state index in [0.717, 1.165) is 31.7 Å². The molecular weight excluding hydrogens is 347 g/mol. The molecule has 21 heavy (non-hydrogen) atoms. The largest absolute Gasteiger partial charge is 0.493 e. The Balaban J connectivity index is 2.09. The lowest BCUT2D eigenvalue weighted by Crippen LogP contribution is -2.31. The number of hydrogen-bond donors (Lipinski definition) is 1. The van der Waals surface area contributed by atoms with Crippen LogP contribution in [0.2, 0.25) is 0 Å². The minimum absolute atomic E-state index is 0.105. The maximum Gasteiger partial charge on any atom is 0.420 e. The first-order valence-corrected chi connectivity index (χ1v) is 7.90. The van der Waals surface area contributed by atoms with Crippen molar-refractivity contribution in [2.75, 3.05) is 13.2 Å². The Bertz CT molecular complexity index is 478. The Kier molecular flexibility index (Phi) is 5.54. The molecule has 2 N–H and O–H groups in total. The number of nitrogens with two attached hydrogens (primary N) is 1. The third-order valence-electron chi connectivity index (χ3n) is 4.07. The third kappa shape index (κ3) is 4.36. The molecule has 2 nitrogen and oxygen atoms in total. The van der Waals surface area contributed by atoms with E-state index in [9.17, 15) is 13.2 Å². The Morgan fingerprint density at radius 1 is 1.19 bits per heavy atom. The maximum atomic E-state index is 13.0. The first-order valence-electron chi connectivity index (χ1n) is 7.11. The van der Waals surface area contributed by atoms with E-state index in [4.69, 9.17) is 10.5 Å². The van der Waals surface area contributed by atoms with Crippen molar-refractivity contribution in [3.63, 3.8) is 0 Å². The predicted molar refractivity (Wildman–Crippen MR) is 79.1 cm³/mol. The van der Waals surface area contributed by atoms with Crippen molar-refractivity contribution in [1.82, 2.24) is 0 Å². The number of alkyl halides is 3. The lowest BCUT2D eigenvalue weighted by Gasteiger charge is -2.30. The van der Waals surface area contributed by atoms with Gasteiger partial charge in [0.2, 0.25) is 0 Å². The van der Waals surface area contributed by atoms with Gasteiger partial charge in [-0.15, -0.1) is 0 Å². The SMILES string of the molecule is NCC1CCCCC1COc1ccc(Br)cc1C(F)(F)F. The molecule has 2 unspecified atom stereocenters. The molecule has 0 radical (unpaired) electrons. The van der Waals surface area contributed by atoms with E-state index >= 15 is 0 Å². The van der Waals surface area contributed by atoms with Gasteiger partial charge in [0.25, 0.3) is 0 Å². The molecule has 1 aliphatic rings. The monoisotopic (exact) mass is 365 g/mol. The number of ether oxygens (including phenoxy) is 1. The normalized spacial score (nSPS) is 23.1. The van der Waals surface area contributed by atoms with Crippen LogP contribution < -0.4 is 10.5 Å². The van der Waals surface area contributed by atoms with E-state index in [1.807, 2.05) is 0 Å². The molecule has 0 heterocycles. The van der Waals surface area contributed by atoms with Gasteiger partial charge in [-0.25, -0.2) is 0 Å². The van der Waals surface area contributed by atoms with Crippen LogP contribution in [0.25, 0.3) is 0 Å². The zero-order valence-corrected chi connectivity index (χ0v) is 13.2. The van der Waals surface area contributed by atoms with Crippen LogP contribution in [0.15, 0.2) is 22.7 Å². The van der Waals surface area contributed by atoms with Gasteiger partial charge >= 0.3 is 6.18 Å². The van der Waals surface area contributed by atoms with E-state index in [2.05, 4.69) is 15.9 Å². The molecule has 1 saturated carbocycles.